The summed E-state index contributed by atoms with van der Waals surface area (Å²) in [7, 11) is 0. The lowest BCUT2D eigenvalue weighted by Crippen LogP contribution is -2.31. The van der Waals surface area contributed by atoms with Crippen molar-refractivity contribution in [3.05, 3.63) is 56.9 Å². The number of benzene rings is 1. The second-order valence-corrected chi connectivity index (χ2v) is 7.67. The second-order valence-electron chi connectivity index (χ2n) is 7.67. The summed E-state index contributed by atoms with van der Waals surface area (Å²) < 4.78 is 12.1. The molecule has 1 aromatic carbocycles. The highest BCUT2D eigenvalue weighted by Gasteiger charge is 2.28. The lowest BCUT2D eigenvalue weighted by Gasteiger charge is -2.19. The minimum Gasteiger partial charge on any atom is -0.494 e. The molecule has 0 fully saturated rings. The number of nitrogens with zero attached hydrogens (tertiary/aromatic N) is 2. The number of Topliss-reactive ketones (excluding diaryl/α,β-unsaturated/α-hetero) is 1. The molecule has 0 aliphatic heterocycles. The number of carbonyl (C=O) groups is 1. The molecule has 1 heterocycles. The Morgan fingerprint density at radius 2 is 1.87 bits per heavy atom. The van der Waals surface area contributed by atoms with Gasteiger partial charge in [-0.25, -0.2) is 0 Å². The van der Waals surface area contributed by atoms with Gasteiger partial charge in [-0.2, -0.15) is 5.26 Å². The zero-order valence-corrected chi connectivity index (χ0v) is 18.8. The Morgan fingerprint density at radius 1 is 1.23 bits per heavy atom. The van der Waals surface area contributed by atoms with Gasteiger partial charge in [0.25, 0.3) is 5.56 Å². The van der Waals surface area contributed by atoms with Crippen molar-refractivity contribution in [2.75, 3.05) is 13.2 Å². The molecule has 1 N–H and O–H groups in total. The first-order valence-corrected chi connectivity index (χ1v) is 10.5. The highest BCUT2D eigenvalue weighted by atomic mass is 16.5. The highest BCUT2D eigenvalue weighted by molar-refractivity contribution is 6.03. The van der Waals surface area contributed by atoms with E-state index in [0.29, 0.717) is 31.3 Å². The van der Waals surface area contributed by atoms with Crippen molar-refractivity contribution >= 4 is 5.78 Å². The number of rotatable bonds is 10. The molecule has 1 unspecified atom stereocenters. The quantitative estimate of drug-likeness (QED) is 0.456. The largest absolute Gasteiger partial charge is 0.494 e. The monoisotopic (exact) mass is 426 g/mol. The molecule has 0 radical (unpaired) electrons. The molecule has 0 saturated carbocycles. The van der Waals surface area contributed by atoms with E-state index in [1.165, 1.54) is 6.92 Å². The van der Waals surface area contributed by atoms with Crippen LogP contribution < -0.4 is 10.3 Å². The van der Waals surface area contributed by atoms with E-state index in [2.05, 4.69) is 13.8 Å². The van der Waals surface area contributed by atoms with Gasteiger partial charge < -0.3 is 14.6 Å². The number of pyridine rings is 1. The molecule has 7 nitrogen and oxygen atoms in total. The van der Waals surface area contributed by atoms with Crippen LogP contribution in [0.1, 0.15) is 67.1 Å². The fourth-order valence-corrected chi connectivity index (χ4v) is 3.31. The van der Waals surface area contributed by atoms with E-state index in [1.807, 2.05) is 25.1 Å². The molecule has 0 amide bonds. The normalized spacial score (nSPS) is 11.9. The van der Waals surface area contributed by atoms with Crippen molar-refractivity contribution in [2.24, 2.45) is 0 Å². The molecular weight excluding hydrogens is 396 g/mol. The van der Waals surface area contributed by atoms with Crippen LogP contribution in [0.5, 0.6) is 11.6 Å². The summed E-state index contributed by atoms with van der Waals surface area (Å²) in [6.45, 7) is 10.2. The highest BCUT2D eigenvalue weighted by Crippen LogP contribution is 2.26. The molecule has 7 heteroatoms. The molecule has 31 heavy (non-hydrogen) atoms. The molecule has 1 aromatic heterocycles. The van der Waals surface area contributed by atoms with Crippen LogP contribution in [-0.4, -0.2) is 34.8 Å². The zero-order valence-electron chi connectivity index (χ0n) is 18.8. The third kappa shape index (κ3) is 5.53. The number of aromatic hydroxyl groups is 1. The number of hydrogen-bond acceptors (Lipinski definition) is 6. The van der Waals surface area contributed by atoms with Crippen molar-refractivity contribution in [2.45, 2.75) is 59.6 Å². The van der Waals surface area contributed by atoms with Gasteiger partial charge in [-0.3, -0.25) is 14.2 Å². The van der Waals surface area contributed by atoms with Crippen LogP contribution in [-0.2, 0) is 11.3 Å². The Kier molecular flexibility index (Phi) is 8.40. The van der Waals surface area contributed by atoms with Crippen LogP contribution in [0.3, 0.4) is 0 Å². The Balaban J connectivity index is 2.35. The number of ketones is 1. The van der Waals surface area contributed by atoms with E-state index in [9.17, 15) is 20.0 Å². The summed E-state index contributed by atoms with van der Waals surface area (Å²) in [6.07, 6.45) is -0.465. The summed E-state index contributed by atoms with van der Waals surface area (Å²) >= 11 is 0. The fraction of sp³-hybridized carbons (Fsp3) is 0.458. The van der Waals surface area contributed by atoms with Gasteiger partial charge in [0.2, 0.25) is 11.7 Å². The number of carbonyl (C=O) groups excluding carboxylic acids is 1. The maximum Gasteiger partial charge on any atom is 0.271 e. The minimum atomic E-state index is -0.921. The van der Waals surface area contributed by atoms with Crippen molar-refractivity contribution in [1.29, 1.82) is 5.26 Å². The average molecular weight is 427 g/mol. The molecule has 2 aromatic rings. The van der Waals surface area contributed by atoms with Gasteiger partial charge in [-0.05, 0) is 56.4 Å². The van der Waals surface area contributed by atoms with Crippen molar-refractivity contribution in [3.8, 4) is 17.7 Å². The maximum absolute atomic E-state index is 13.1. The van der Waals surface area contributed by atoms with Crippen molar-refractivity contribution in [3.63, 3.8) is 0 Å². The number of ether oxygens (including phenoxy) is 2. The number of hydrogen-bond donors (Lipinski definition) is 1. The van der Waals surface area contributed by atoms with E-state index in [-0.39, 0.29) is 23.2 Å². The lowest BCUT2D eigenvalue weighted by atomic mass is 9.99. The minimum absolute atomic E-state index is 0.0705. The van der Waals surface area contributed by atoms with Crippen LogP contribution in [0.25, 0.3) is 0 Å². The molecular formula is C24H30N2O5. The van der Waals surface area contributed by atoms with Gasteiger partial charge in [0, 0.05) is 19.8 Å². The third-order valence-corrected chi connectivity index (χ3v) is 5.15. The van der Waals surface area contributed by atoms with E-state index in [1.54, 1.807) is 19.1 Å². The van der Waals surface area contributed by atoms with Gasteiger partial charge in [-0.15, -0.1) is 0 Å². The van der Waals surface area contributed by atoms with Gasteiger partial charge >= 0.3 is 0 Å². The first-order valence-electron chi connectivity index (χ1n) is 10.5. The van der Waals surface area contributed by atoms with Gasteiger partial charge in [0.05, 0.1) is 5.56 Å². The standard InChI is InChI=1S/C24H30N2O5/c1-6-30-13-7-12-26-23(28)20(14-25)16(4)21(24(26)29)22(27)17(5)31-19-10-8-18(9-11-19)15(2)3/h8-11,15,17,29H,6-7,12-13H2,1-5H3. The molecule has 166 valence electrons. The summed E-state index contributed by atoms with van der Waals surface area (Å²) in [6, 6.07) is 9.32. The topological polar surface area (TPSA) is 102 Å². The van der Waals surface area contributed by atoms with Crippen LogP contribution in [0.4, 0.5) is 0 Å². The molecule has 2 rings (SSSR count). The average Bonchev–Trinajstić information content (AvgIpc) is 2.73. The fourth-order valence-electron chi connectivity index (χ4n) is 3.31. The number of nitriles is 1. The van der Waals surface area contributed by atoms with E-state index >= 15 is 0 Å². The summed E-state index contributed by atoms with van der Waals surface area (Å²) in [4.78, 5) is 25.8. The Morgan fingerprint density at radius 3 is 2.42 bits per heavy atom. The van der Waals surface area contributed by atoms with Gasteiger partial charge in [0.1, 0.15) is 17.4 Å². The third-order valence-electron chi connectivity index (χ3n) is 5.15. The zero-order chi connectivity index (χ0) is 23.1. The molecule has 0 saturated heterocycles. The van der Waals surface area contributed by atoms with Crippen molar-refractivity contribution in [1.82, 2.24) is 4.57 Å². The van der Waals surface area contributed by atoms with Gasteiger partial charge in [-0.1, -0.05) is 26.0 Å². The summed E-state index contributed by atoms with van der Waals surface area (Å²) in [5.74, 6) is -0.0552. The summed E-state index contributed by atoms with van der Waals surface area (Å²) in [5.41, 5.74) is 0.451. The van der Waals surface area contributed by atoms with E-state index in [0.717, 1.165) is 10.1 Å². The first-order chi connectivity index (χ1) is 14.7. The Bertz CT molecular complexity index is 1020. The first kappa shape index (κ1) is 24.2. The Labute approximate surface area is 182 Å². The van der Waals surface area contributed by atoms with E-state index < -0.39 is 23.3 Å². The predicted octanol–water partition coefficient (Wildman–Crippen LogP) is 3.93. The van der Waals surface area contributed by atoms with E-state index in [4.69, 9.17) is 9.47 Å². The smallest absolute Gasteiger partial charge is 0.271 e. The SMILES string of the molecule is CCOCCCn1c(O)c(C(=O)C(C)Oc2ccc(C(C)C)cc2)c(C)c(C#N)c1=O. The second kappa shape index (κ2) is 10.8. The van der Waals surface area contributed by atoms with Gasteiger partial charge in [0.15, 0.2) is 6.10 Å². The molecule has 0 bridgehead atoms. The molecule has 0 aliphatic carbocycles. The van der Waals surface area contributed by atoms with Crippen LogP contribution in [0, 0.1) is 18.3 Å². The van der Waals surface area contributed by atoms with Crippen molar-refractivity contribution < 1.29 is 19.4 Å². The van der Waals surface area contributed by atoms with Crippen LogP contribution >= 0.6 is 0 Å². The maximum atomic E-state index is 13.1. The Hall–Kier alpha value is -3.11. The lowest BCUT2D eigenvalue weighted by molar-refractivity contribution is 0.0812. The molecule has 0 spiro atoms. The predicted molar refractivity (Wildman–Crippen MR) is 118 cm³/mol. The van der Waals surface area contributed by atoms with Crippen LogP contribution in [0.2, 0.25) is 0 Å². The van der Waals surface area contributed by atoms with Crippen LogP contribution in [0.15, 0.2) is 29.1 Å². The summed E-state index contributed by atoms with van der Waals surface area (Å²) in [5, 5.41) is 20.2. The molecule has 0 aliphatic rings. The molecule has 1 atom stereocenters. The number of aromatic nitrogens is 1.